The number of rotatable bonds is 4. The molecule has 140 valence electrons. The van der Waals surface area contributed by atoms with Gasteiger partial charge in [-0.05, 0) is 6.07 Å². The number of amides is 3. The smallest absolute Gasteiger partial charge is 0.223 e. The largest absolute Gasteiger partial charge is 0.493 e. The lowest BCUT2D eigenvalue weighted by Gasteiger charge is -2.34. The molecule has 0 aliphatic carbocycles. The summed E-state index contributed by atoms with van der Waals surface area (Å²) in [5.41, 5.74) is 0.985. The molecule has 0 saturated carbocycles. The van der Waals surface area contributed by atoms with E-state index in [-0.39, 0.29) is 36.6 Å². The third kappa shape index (κ3) is 4.33. The molecule has 0 spiro atoms. The molecule has 3 rings (SSSR count). The molecular weight excluding hydrogens is 334 g/mol. The van der Waals surface area contributed by atoms with Crippen molar-refractivity contribution in [2.75, 3.05) is 32.8 Å². The van der Waals surface area contributed by atoms with Crippen molar-refractivity contribution in [3.8, 4) is 5.75 Å². The summed E-state index contributed by atoms with van der Waals surface area (Å²) in [7, 11) is 0. The fourth-order valence-electron chi connectivity index (χ4n) is 3.41. The molecule has 0 radical (unpaired) electrons. The van der Waals surface area contributed by atoms with Gasteiger partial charge in [-0.25, -0.2) is 0 Å². The lowest BCUT2D eigenvalue weighted by atomic mass is 10.0. The Kier molecular flexibility index (Phi) is 5.75. The van der Waals surface area contributed by atoms with Crippen molar-refractivity contribution in [2.45, 2.75) is 32.2 Å². The van der Waals surface area contributed by atoms with E-state index >= 15 is 0 Å². The Morgan fingerprint density at radius 1 is 1.08 bits per heavy atom. The minimum absolute atomic E-state index is 0.0317. The number of hydrogen-bond acceptors (Lipinski definition) is 4. The lowest BCUT2D eigenvalue weighted by Crippen LogP contribution is -2.50. The predicted molar refractivity (Wildman–Crippen MR) is 95.5 cm³/mol. The summed E-state index contributed by atoms with van der Waals surface area (Å²) in [5, 5.41) is 3.01. The molecule has 2 aliphatic rings. The number of hydrogen-bond donors (Lipinski definition) is 1. The monoisotopic (exact) mass is 359 g/mol. The number of nitrogens with zero attached hydrogens (tertiary/aromatic N) is 2. The first-order chi connectivity index (χ1) is 12.5. The van der Waals surface area contributed by atoms with Gasteiger partial charge in [0.1, 0.15) is 5.75 Å². The van der Waals surface area contributed by atoms with E-state index in [2.05, 4.69) is 5.32 Å². The van der Waals surface area contributed by atoms with E-state index in [0.29, 0.717) is 32.8 Å². The number of piperazine rings is 1. The van der Waals surface area contributed by atoms with Crippen LogP contribution in [0.15, 0.2) is 24.3 Å². The average molecular weight is 359 g/mol. The average Bonchev–Trinajstić information content (AvgIpc) is 2.66. The SMILES string of the molecule is CC(=O)N1CCN(C(=O)CCC(=O)N[C@H]2CCOc3ccccc32)CC1. The fourth-order valence-corrected chi connectivity index (χ4v) is 3.41. The summed E-state index contributed by atoms with van der Waals surface area (Å²) in [6, 6.07) is 7.63. The molecule has 3 amide bonds. The third-order valence-electron chi connectivity index (χ3n) is 4.94. The van der Waals surface area contributed by atoms with Crippen molar-refractivity contribution in [3.05, 3.63) is 29.8 Å². The van der Waals surface area contributed by atoms with E-state index in [1.807, 2.05) is 24.3 Å². The zero-order valence-corrected chi connectivity index (χ0v) is 15.1. The summed E-state index contributed by atoms with van der Waals surface area (Å²) in [6.45, 7) is 4.30. The summed E-state index contributed by atoms with van der Waals surface area (Å²) in [5.74, 6) is 0.690. The van der Waals surface area contributed by atoms with Gasteiger partial charge in [-0.3, -0.25) is 14.4 Å². The molecule has 7 heteroatoms. The van der Waals surface area contributed by atoms with Crippen LogP contribution in [0.5, 0.6) is 5.75 Å². The van der Waals surface area contributed by atoms with Crippen LogP contribution in [0.25, 0.3) is 0 Å². The van der Waals surface area contributed by atoms with E-state index in [9.17, 15) is 14.4 Å². The number of nitrogens with one attached hydrogen (secondary N) is 1. The highest BCUT2D eigenvalue weighted by Gasteiger charge is 2.25. The number of para-hydroxylation sites is 1. The highest BCUT2D eigenvalue weighted by Crippen LogP contribution is 2.31. The van der Waals surface area contributed by atoms with E-state index in [4.69, 9.17) is 4.74 Å². The molecule has 26 heavy (non-hydrogen) atoms. The molecular formula is C19H25N3O4. The van der Waals surface area contributed by atoms with Gasteiger partial charge in [-0.15, -0.1) is 0 Å². The predicted octanol–water partition coefficient (Wildman–Crippen LogP) is 1.10. The molecule has 2 aliphatic heterocycles. The minimum Gasteiger partial charge on any atom is -0.493 e. The van der Waals surface area contributed by atoms with Crippen molar-refractivity contribution < 1.29 is 19.1 Å². The van der Waals surface area contributed by atoms with E-state index in [1.165, 1.54) is 6.92 Å². The number of benzene rings is 1. The van der Waals surface area contributed by atoms with Gasteiger partial charge in [0.05, 0.1) is 12.6 Å². The molecule has 1 atom stereocenters. The molecule has 1 saturated heterocycles. The van der Waals surface area contributed by atoms with Gasteiger partial charge in [-0.1, -0.05) is 18.2 Å². The highest BCUT2D eigenvalue weighted by molar-refractivity contribution is 5.84. The molecule has 1 N–H and O–H groups in total. The Hall–Kier alpha value is -2.57. The number of carbonyl (C=O) groups excluding carboxylic acids is 3. The molecule has 0 unspecified atom stereocenters. The number of ether oxygens (including phenoxy) is 1. The second-order valence-electron chi connectivity index (χ2n) is 6.68. The van der Waals surface area contributed by atoms with Crippen LogP contribution in [-0.2, 0) is 14.4 Å². The van der Waals surface area contributed by atoms with Crippen molar-refractivity contribution in [1.82, 2.24) is 15.1 Å². The standard InChI is InChI=1S/C19H25N3O4/c1-14(23)21-9-11-22(12-10-21)19(25)7-6-18(24)20-16-8-13-26-17-5-3-2-4-15(16)17/h2-5,16H,6-13H2,1H3,(H,20,24)/t16-/m0/s1. The van der Waals surface area contributed by atoms with Crippen LogP contribution in [0.2, 0.25) is 0 Å². The zero-order valence-electron chi connectivity index (χ0n) is 15.1. The normalized spacial score (nSPS) is 19.3. The van der Waals surface area contributed by atoms with Gasteiger partial charge < -0.3 is 19.9 Å². The van der Waals surface area contributed by atoms with Gasteiger partial charge in [0, 0.05) is 57.9 Å². The van der Waals surface area contributed by atoms with Gasteiger partial charge in [0.2, 0.25) is 17.7 Å². The number of fused-ring (bicyclic) bond motifs is 1. The Bertz CT molecular complexity index is 683. The third-order valence-corrected chi connectivity index (χ3v) is 4.94. The molecule has 7 nitrogen and oxygen atoms in total. The van der Waals surface area contributed by atoms with Crippen LogP contribution in [-0.4, -0.2) is 60.3 Å². The summed E-state index contributed by atoms with van der Waals surface area (Å²) >= 11 is 0. The van der Waals surface area contributed by atoms with Crippen LogP contribution in [0.4, 0.5) is 0 Å². The van der Waals surface area contributed by atoms with Crippen LogP contribution in [0.1, 0.15) is 37.8 Å². The molecule has 1 aromatic carbocycles. The second-order valence-corrected chi connectivity index (χ2v) is 6.68. The summed E-state index contributed by atoms with van der Waals surface area (Å²) in [6.07, 6.45) is 1.09. The van der Waals surface area contributed by atoms with Crippen LogP contribution < -0.4 is 10.1 Å². The number of carbonyl (C=O) groups is 3. The Labute approximate surface area is 153 Å². The molecule has 0 bridgehead atoms. The molecule has 0 aromatic heterocycles. The minimum atomic E-state index is -0.123. The first-order valence-electron chi connectivity index (χ1n) is 9.09. The topological polar surface area (TPSA) is 79.0 Å². The quantitative estimate of drug-likeness (QED) is 0.873. The Balaban J connectivity index is 1.45. The van der Waals surface area contributed by atoms with Crippen LogP contribution >= 0.6 is 0 Å². The maximum absolute atomic E-state index is 12.3. The highest BCUT2D eigenvalue weighted by atomic mass is 16.5. The Morgan fingerprint density at radius 3 is 2.50 bits per heavy atom. The fraction of sp³-hybridized carbons (Fsp3) is 0.526. The van der Waals surface area contributed by atoms with Gasteiger partial charge in [0.25, 0.3) is 0 Å². The van der Waals surface area contributed by atoms with E-state index in [0.717, 1.165) is 17.7 Å². The molecule has 1 aromatic rings. The first kappa shape index (κ1) is 18.2. The van der Waals surface area contributed by atoms with Gasteiger partial charge in [-0.2, -0.15) is 0 Å². The lowest BCUT2D eigenvalue weighted by molar-refractivity contribution is -0.139. The summed E-state index contributed by atoms with van der Waals surface area (Å²) < 4.78 is 5.60. The van der Waals surface area contributed by atoms with Crippen molar-refractivity contribution in [3.63, 3.8) is 0 Å². The second kappa shape index (κ2) is 8.21. The summed E-state index contributed by atoms with van der Waals surface area (Å²) in [4.78, 5) is 39.4. The van der Waals surface area contributed by atoms with E-state index in [1.54, 1.807) is 9.80 Å². The first-order valence-corrected chi connectivity index (χ1v) is 9.09. The Morgan fingerprint density at radius 2 is 1.77 bits per heavy atom. The van der Waals surface area contributed by atoms with Crippen molar-refractivity contribution >= 4 is 17.7 Å². The zero-order chi connectivity index (χ0) is 18.5. The van der Waals surface area contributed by atoms with E-state index < -0.39 is 0 Å². The van der Waals surface area contributed by atoms with Crippen LogP contribution in [0.3, 0.4) is 0 Å². The van der Waals surface area contributed by atoms with Crippen molar-refractivity contribution in [2.24, 2.45) is 0 Å². The maximum Gasteiger partial charge on any atom is 0.223 e. The van der Waals surface area contributed by atoms with Gasteiger partial charge >= 0.3 is 0 Å². The van der Waals surface area contributed by atoms with Crippen molar-refractivity contribution in [1.29, 1.82) is 0 Å². The maximum atomic E-state index is 12.3. The molecule has 2 heterocycles. The van der Waals surface area contributed by atoms with Crippen LogP contribution in [0, 0.1) is 0 Å². The van der Waals surface area contributed by atoms with Gasteiger partial charge in [0.15, 0.2) is 0 Å². The molecule has 1 fully saturated rings.